The maximum Gasteiger partial charge on any atom is 0.228 e. The molecule has 1 heterocycles. The minimum atomic E-state index is -0.0323. The summed E-state index contributed by atoms with van der Waals surface area (Å²) in [5.41, 5.74) is 4.20. The Bertz CT molecular complexity index is 611. The fourth-order valence-corrected chi connectivity index (χ4v) is 2.12. The Morgan fingerprint density at radius 2 is 2.05 bits per heavy atom. The quantitative estimate of drug-likeness (QED) is 0.938. The molecule has 0 atom stereocenters. The van der Waals surface area contributed by atoms with Gasteiger partial charge in [0.05, 0.1) is 16.6 Å². The molecule has 1 aromatic carbocycles. The van der Waals surface area contributed by atoms with Gasteiger partial charge in [0.1, 0.15) is 0 Å². The molecular weight excluding hydrogens is 304 g/mol. The van der Waals surface area contributed by atoms with Gasteiger partial charge in [0.15, 0.2) is 0 Å². The fourth-order valence-electron chi connectivity index (χ4n) is 1.77. The second-order valence-electron chi connectivity index (χ2n) is 4.50. The molecule has 0 bridgehead atoms. The zero-order chi connectivity index (χ0) is 13.8. The van der Waals surface area contributed by atoms with Crippen LogP contribution >= 0.6 is 15.9 Å². The van der Waals surface area contributed by atoms with E-state index in [1.165, 1.54) is 11.1 Å². The first-order valence-corrected chi connectivity index (χ1v) is 6.81. The molecule has 0 aliphatic heterocycles. The third kappa shape index (κ3) is 3.64. The lowest BCUT2D eigenvalue weighted by Crippen LogP contribution is -2.14. The number of anilines is 1. The Labute approximate surface area is 121 Å². The van der Waals surface area contributed by atoms with E-state index in [0.29, 0.717) is 6.42 Å². The first kappa shape index (κ1) is 13.7. The predicted octanol–water partition coefficient (Wildman–Crippen LogP) is 3.64. The third-order valence-corrected chi connectivity index (χ3v) is 3.61. The number of aromatic nitrogens is 1. The van der Waals surface area contributed by atoms with Gasteiger partial charge in [-0.25, -0.2) is 0 Å². The molecule has 0 fully saturated rings. The van der Waals surface area contributed by atoms with Crippen LogP contribution in [0.2, 0.25) is 0 Å². The number of benzene rings is 1. The molecule has 0 unspecified atom stereocenters. The summed E-state index contributed by atoms with van der Waals surface area (Å²) in [6.45, 7) is 4.11. The molecule has 0 aliphatic rings. The van der Waals surface area contributed by atoms with Gasteiger partial charge >= 0.3 is 0 Å². The predicted molar refractivity (Wildman–Crippen MR) is 80.2 cm³/mol. The van der Waals surface area contributed by atoms with Crippen LogP contribution in [0.3, 0.4) is 0 Å². The summed E-state index contributed by atoms with van der Waals surface area (Å²) in [6.07, 6.45) is 3.68. The molecule has 1 aromatic heterocycles. The normalized spacial score (nSPS) is 10.3. The smallest absolute Gasteiger partial charge is 0.228 e. The summed E-state index contributed by atoms with van der Waals surface area (Å²) in [4.78, 5) is 15.9. The molecule has 1 amide bonds. The van der Waals surface area contributed by atoms with E-state index in [1.54, 1.807) is 18.5 Å². The van der Waals surface area contributed by atoms with Gasteiger partial charge in [0.2, 0.25) is 5.91 Å². The van der Waals surface area contributed by atoms with Crippen molar-refractivity contribution in [3.05, 3.63) is 57.8 Å². The first-order chi connectivity index (χ1) is 9.06. The summed E-state index contributed by atoms with van der Waals surface area (Å²) >= 11 is 3.35. The van der Waals surface area contributed by atoms with Gasteiger partial charge in [0.25, 0.3) is 0 Å². The summed E-state index contributed by atoms with van der Waals surface area (Å²) in [5, 5.41) is 2.87. The fraction of sp³-hybridized carbons (Fsp3) is 0.200. The lowest BCUT2D eigenvalue weighted by Gasteiger charge is -2.08. The standard InChI is InChI=1S/C15H15BrN2O/c1-10-3-4-12(7-11(10)2)8-15(19)18-14-5-6-17-9-13(14)16/h3-7,9H,8H2,1-2H3,(H,17,18,19). The number of aryl methyl sites for hydroxylation is 2. The van der Waals surface area contributed by atoms with Crippen molar-refractivity contribution >= 4 is 27.5 Å². The average molecular weight is 319 g/mol. The Morgan fingerprint density at radius 1 is 1.26 bits per heavy atom. The van der Waals surface area contributed by atoms with Crippen LogP contribution < -0.4 is 5.32 Å². The van der Waals surface area contributed by atoms with Crippen molar-refractivity contribution in [1.29, 1.82) is 0 Å². The van der Waals surface area contributed by atoms with Crippen molar-refractivity contribution in [3.8, 4) is 0 Å². The lowest BCUT2D eigenvalue weighted by atomic mass is 10.0. The molecule has 0 aliphatic carbocycles. The topological polar surface area (TPSA) is 42.0 Å². The van der Waals surface area contributed by atoms with Crippen LogP contribution in [-0.2, 0) is 11.2 Å². The van der Waals surface area contributed by atoms with Crippen LogP contribution in [0, 0.1) is 13.8 Å². The molecule has 0 radical (unpaired) electrons. The van der Waals surface area contributed by atoms with E-state index >= 15 is 0 Å². The minimum Gasteiger partial charge on any atom is -0.325 e. The van der Waals surface area contributed by atoms with Crippen LogP contribution in [-0.4, -0.2) is 10.9 Å². The highest BCUT2D eigenvalue weighted by atomic mass is 79.9. The Hall–Kier alpha value is -1.68. The van der Waals surface area contributed by atoms with Crippen molar-refractivity contribution in [2.24, 2.45) is 0 Å². The summed E-state index contributed by atoms with van der Waals surface area (Å²) in [7, 11) is 0. The van der Waals surface area contributed by atoms with Crippen molar-refractivity contribution < 1.29 is 4.79 Å². The van der Waals surface area contributed by atoms with Gasteiger partial charge in [-0.3, -0.25) is 9.78 Å². The number of nitrogens with zero attached hydrogens (tertiary/aromatic N) is 1. The van der Waals surface area contributed by atoms with Gasteiger partial charge in [-0.2, -0.15) is 0 Å². The lowest BCUT2D eigenvalue weighted by molar-refractivity contribution is -0.115. The van der Waals surface area contributed by atoms with Gasteiger partial charge in [0, 0.05) is 12.4 Å². The number of rotatable bonds is 3. The van der Waals surface area contributed by atoms with E-state index in [9.17, 15) is 4.79 Å². The number of nitrogens with one attached hydrogen (secondary N) is 1. The highest BCUT2D eigenvalue weighted by Gasteiger charge is 2.07. The van der Waals surface area contributed by atoms with Crippen LogP contribution in [0.25, 0.3) is 0 Å². The van der Waals surface area contributed by atoms with E-state index in [2.05, 4.69) is 46.1 Å². The maximum absolute atomic E-state index is 12.0. The van der Waals surface area contributed by atoms with Crippen LogP contribution in [0.1, 0.15) is 16.7 Å². The van der Waals surface area contributed by atoms with E-state index in [-0.39, 0.29) is 5.91 Å². The first-order valence-electron chi connectivity index (χ1n) is 6.02. The van der Waals surface area contributed by atoms with Gasteiger partial charge in [-0.15, -0.1) is 0 Å². The highest BCUT2D eigenvalue weighted by molar-refractivity contribution is 9.10. The van der Waals surface area contributed by atoms with Crippen molar-refractivity contribution in [3.63, 3.8) is 0 Å². The van der Waals surface area contributed by atoms with Crippen LogP contribution in [0.4, 0.5) is 5.69 Å². The van der Waals surface area contributed by atoms with Crippen molar-refractivity contribution in [2.75, 3.05) is 5.32 Å². The largest absolute Gasteiger partial charge is 0.325 e. The number of carbonyl (C=O) groups excluding carboxylic acids is 1. The molecule has 19 heavy (non-hydrogen) atoms. The molecule has 0 spiro atoms. The number of halogens is 1. The zero-order valence-electron chi connectivity index (χ0n) is 10.9. The second kappa shape index (κ2) is 5.97. The van der Waals surface area contributed by atoms with Crippen molar-refractivity contribution in [2.45, 2.75) is 20.3 Å². The minimum absolute atomic E-state index is 0.0323. The zero-order valence-corrected chi connectivity index (χ0v) is 12.5. The Kier molecular flexibility index (Phi) is 4.32. The maximum atomic E-state index is 12.0. The molecule has 1 N–H and O–H groups in total. The molecule has 3 nitrogen and oxygen atoms in total. The highest BCUT2D eigenvalue weighted by Crippen LogP contribution is 2.20. The molecule has 98 valence electrons. The van der Waals surface area contributed by atoms with Gasteiger partial charge in [-0.1, -0.05) is 18.2 Å². The molecule has 2 rings (SSSR count). The number of hydrogen-bond donors (Lipinski definition) is 1. The van der Waals surface area contributed by atoms with E-state index in [4.69, 9.17) is 0 Å². The van der Waals surface area contributed by atoms with E-state index in [0.717, 1.165) is 15.7 Å². The third-order valence-electron chi connectivity index (χ3n) is 2.98. The van der Waals surface area contributed by atoms with Crippen molar-refractivity contribution in [1.82, 2.24) is 4.98 Å². The SMILES string of the molecule is Cc1ccc(CC(=O)Nc2ccncc2Br)cc1C. The monoisotopic (exact) mass is 318 g/mol. The van der Waals surface area contributed by atoms with Gasteiger partial charge < -0.3 is 5.32 Å². The second-order valence-corrected chi connectivity index (χ2v) is 5.35. The molecule has 0 saturated heterocycles. The molecular formula is C15H15BrN2O. The number of pyridine rings is 1. The number of hydrogen-bond acceptors (Lipinski definition) is 2. The Morgan fingerprint density at radius 3 is 2.74 bits per heavy atom. The van der Waals surface area contributed by atoms with Crippen LogP contribution in [0.15, 0.2) is 41.1 Å². The molecule has 4 heteroatoms. The number of amides is 1. The summed E-state index contributed by atoms with van der Waals surface area (Å²) in [5.74, 6) is -0.0323. The van der Waals surface area contributed by atoms with E-state index in [1.807, 2.05) is 12.1 Å². The molecule has 0 saturated carbocycles. The van der Waals surface area contributed by atoms with Crippen LogP contribution in [0.5, 0.6) is 0 Å². The summed E-state index contributed by atoms with van der Waals surface area (Å²) < 4.78 is 0.781. The number of carbonyl (C=O) groups is 1. The Balaban J connectivity index is 2.05. The van der Waals surface area contributed by atoms with Gasteiger partial charge in [-0.05, 0) is 52.5 Å². The van der Waals surface area contributed by atoms with E-state index < -0.39 is 0 Å². The molecule has 2 aromatic rings. The average Bonchev–Trinajstić information content (AvgIpc) is 2.37. The summed E-state index contributed by atoms with van der Waals surface area (Å²) in [6, 6.07) is 7.85.